The maximum absolute atomic E-state index is 12.1. The Morgan fingerprint density at radius 1 is 1.50 bits per heavy atom. The fraction of sp³-hybridized carbons (Fsp3) is 0.286. The van der Waals surface area contributed by atoms with E-state index in [4.69, 9.17) is 17.3 Å². The highest BCUT2D eigenvalue weighted by Gasteiger charge is 2.17. The molecule has 0 aliphatic carbocycles. The lowest BCUT2D eigenvalue weighted by molar-refractivity contribution is 0.0945. The molecule has 1 amide bonds. The molecular weight excluding hydrogens is 276 g/mol. The number of anilines is 1. The normalized spacial score (nSPS) is 10.6. The van der Waals surface area contributed by atoms with Crippen LogP contribution in [-0.2, 0) is 13.5 Å². The number of nitrogens with one attached hydrogen (secondary N) is 1. The van der Waals surface area contributed by atoms with Gasteiger partial charge in [0.25, 0.3) is 5.91 Å². The topological polar surface area (TPSA) is 72.9 Å². The number of nitrogens with two attached hydrogens (primary N) is 1. The molecule has 20 heavy (non-hydrogen) atoms. The van der Waals surface area contributed by atoms with Gasteiger partial charge in [-0.2, -0.15) is 5.10 Å². The number of aryl methyl sites for hydroxylation is 2. The van der Waals surface area contributed by atoms with Gasteiger partial charge in [-0.3, -0.25) is 9.48 Å². The second-order valence-corrected chi connectivity index (χ2v) is 5.04. The lowest BCUT2D eigenvalue weighted by Gasteiger charge is -2.06. The molecule has 0 atom stereocenters. The second kappa shape index (κ2) is 5.96. The lowest BCUT2D eigenvalue weighted by atomic mass is 10.1. The lowest BCUT2D eigenvalue weighted by Crippen LogP contribution is -2.28. The van der Waals surface area contributed by atoms with Crippen LogP contribution in [0.5, 0.6) is 0 Å². The molecule has 0 spiro atoms. The van der Waals surface area contributed by atoms with Gasteiger partial charge in [-0.05, 0) is 31.0 Å². The van der Waals surface area contributed by atoms with Crippen molar-refractivity contribution >= 4 is 23.2 Å². The van der Waals surface area contributed by atoms with Crippen molar-refractivity contribution in [1.82, 2.24) is 15.1 Å². The summed E-state index contributed by atoms with van der Waals surface area (Å²) in [6.45, 7) is 2.29. The minimum absolute atomic E-state index is 0.215. The number of hydrogen-bond acceptors (Lipinski definition) is 3. The first-order chi connectivity index (χ1) is 9.49. The van der Waals surface area contributed by atoms with Gasteiger partial charge in [0.05, 0.1) is 11.4 Å². The van der Waals surface area contributed by atoms with E-state index in [9.17, 15) is 4.79 Å². The standard InChI is InChI=1S/C14H17ClN4O/c1-9-12(16)13(19(2)18-9)14(20)17-7-6-10-4-3-5-11(15)8-10/h3-5,8H,6-7,16H2,1-2H3,(H,17,20). The number of nitrogens with zero attached hydrogens (tertiary/aromatic N) is 2. The monoisotopic (exact) mass is 292 g/mol. The molecule has 2 rings (SSSR count). The summed E-state index contributed by atoms with van der Waals surface area (Å²) in [5, 5.41) is 7.66. The number of hydrogen-bond donors (Lipinski definition) is 2. The summed E-state index contributed by atoms with van der Waals surface area (Å²) in [7, 11) is 1.70. The third-order valence-corrected chi connectivity index (χ3v) is 3.31. The van der Waals surface area contributed by atoms with Crippen molar-refractivity contribution in [3.8, 4) is 0 Å². The van der Waals surface area contributed by atoms with E-state index >= 15 is 0 Å². The van der Waals surface area contributed by atoms with E-state index in [1.54, 1.807) is 14.0 Å². The molecule has 0 aliphatic rings. The predicted octanol–water partition coefficient (Wildman–Crippen LogP) is 1.94. The molecule has 106 valence electrons. The largest absolute Gasteiger partial charge is 0.395 e. The Labute approximate surface area is 122 Å². The number of carbonyl (C=O) groups is 1. The number of carbonyl (C=O) groups excluding carboxylic acids is 1. The first kappa shape index (κ1) is 14.4. The van der Waals surface area contributed by atoms with Crippen molar-refractivity contribution < 1.29 is 4.79 Å². The van der Waals surface area contributed by atoms with E-state index in [-0.39, 0.29) is 5.91 Å². The molecule has 2 aromatic rings. The summed E-state index contributed by atoms with van der Waals surface area (Å²) in [6, 6.07) is 7.57. The molecule has 0 radical (unpaired) electrons. The van der Waals surface area contributed by atoms with Crippen molar-refractivity contribution in [2.75, 3.05) is 12.3 Å². The van der Waals surface area contributed by atoms with Crippen LogP contribution in [0.2, 0.25) is 5.02 Å². The van der Waals surface area contributed by atoms with Gasteiger partial charge in [0.1, 0.15) is 5.69 Å². The third kappa shape index (κ3) is 3.11. The number of amides is 1. The fourth-order valence-corrected chi connectivity index (χ4v) is 2.25. The average Bonchev–Trinajstić information content (AvgIpc) is 2.63. The van der Waals surface area contributed by atoms with Gasteiger partial charge in [0, 0.05) is 18.6 Å². The summed E-state index contributed by atoms with van der Waals surface area (Å²) >= 11 is 5.91. The summed E-state index contributed by atoms with van der Waals surface area (Å²) < 4.78 is 1.50. The molecule has 3 N–H and O–H groups in total. The quantitative estimate of drug-likeness (QED) is 0.904. The minimum atomic E-state index is -0.215. The van der Waals surface area contributed by atoms with Crippen LogP contribution in [0, 0.1) is 6.92 Å². The van der Waals surface area contributed by atoms with Crippen molar-refractivity contribution in [3.05, 3.63) is 46.2 Å². The van der Waals surface area contributed by atoms with Gasteiger partial charge in [-0.25, -0.2) is 0 Å². The van der Waals surface area contributed by atoms with Crippen molar-refractivity contribution in [2.24, 2.45) is 7.05 Å². The Morgan fingerprint density at radius 2 is 2.25 bits per heavy atom. The number of rotatable bonds is 4. The fourth-order valence-electron chi connectivity index (χ4n) is 2.04. The number of aromatic nitrogens is 2. The Balaban J connectivity index is 1.96. The van der Waals surface area contributed by atoms with E-state index in [0.717, 1.165) is 5.56 Å². The Bertz CT molecular complexity index is 636. The van der Waals surface area contributed by atoms with E-state index in [2.05, 4.69) is 10.4 Å². The van der Waals surface area contributed by atoms with Crippen LogP contribution in [-0.4, -0.2) is 22.2 Å². The van der Waals surface area contributed by atoms with Crippen LogP contribution >= 0.6 is 11.6 Å². The zero-order valence-electron chi connectivity index (χ0n) is 11.5. The van der Waals surface area contributed by atoms with Crippen LogP contribution in [0.25, 0.3) is 0 Å². The molecule has 0 bridgehead atoms. The Morgan fingerprint density at radius 3 is 2.85 bits per heavy atom. The van der Waals surface area contributed by atoms with E-state index in [1.165, 1.54) is 4.68 Å². The zero-order valence-corrected chi connectivity index (χ0v) is 12.2. The van der Waals surface area contributed by atoms with E-state index in [0.29, 0.717) is 35.1 Å². The van der Waals surface area contributed by atoms with Crippen molar-refractivity contribution in [2.45, 2.75) is 13.3 Å². The van der Waals surface area contributed by atoms with Gasteiger partial charge in [-0.1, -0.05) is 23.7 Å². The third-order valence-electron chi connectivity index (χ3n) is 3.07. The SMILES string of the molecule is Cc1nn(C)c(C(=O)NCCc2cccc(Cl)c2)c1N. The summed E-state index contributed by atoms with van der Waals surface area (Å²) in [4.78, 5) is 12.1. The van der Waals surface area contributed by atoms with Gasteiger partial charge < -0.3 is 11.1 Å². The molecule has 1 aromatic carbocycles. The van der Waals surface area contributed by atoms with Crippen molar-refractivity contribution in [1.29, 1.82) is 0 Å². The predicted molar refractivity (Wildman–Crippen MR) is 79.8 cm³/mol. The van der Waals surface area contributed by atoms with Crippen LogP contribution in [0.1, 0.15) is 21.7 Å². The number of benzene rings is 1. The van der Waals surface area contributed by atoms with Gasteiger partial charge >= 0.3 is 0 Å². The van der Waals surface area contributed by atoms with E-state index in [1.807, 2.05) is 24.3 Å². The number of nitrogen functional groups attached to an aromatic ring is 1. The molecular formula is C14H17ClN4O. The average molecular weight is 293 g/mol. The van der Waals surface area contributed by atoms with Crippen LogP contribution in [0.15, 0.2) is 24.3 Å². The smallest absolute Gasteiger partial charge is 0.271 e. The molecule has 0 unspecified atom stereocenters. The first-order valence-electron chi connectivity index (χ1n) is 6.30. The van der Waals surface area contributed by atoms with Crippen LogP contribution in [0.3, 0.4) is 0 Å². The van der Waals surface area contributed by atoms with Crippen LogP contribution in [0.4, 0.5) is 5.69 Å². The highest BCUT2D eigenvalue weighted by atomic mass is 35.5. The van der Waals surface area contributed by atoms with Gasteiger partial charge in [0.15, 0.2) is 0 Å². The molecule has 0 saturated heterocycles. The second-order valence-electron chi connectivity index (χ2n) is 4.61. The Kier molecular flexibility index (Phi) is 4.29. The molecule has 0 aliphatic heterocycles. The van der Waals surface area contributed by atoms with Gasteiger partial charge in [0.2, 0.25) is 0 Å². The molecule has 0 fully saturated rings. The molecule has 1 aromatic heterocycles. The maximum Gasteiger partial charge on any atom is 0.271 e. The summed E-state index contributed by atoms with van der Waals surface area (Å²) in [6.07, 6.45) is 0.711. The summed E-state index contributed by atoms with van der Waals surface area (Å²) in [5.41, 5.74) is 8.40. The van der Waals surface area contributed by atoms with Gasteiger partial charge in [-0.15, -0.1) is 0 Å². The molecule has 6 heteroatoms. The highest BCUT2D eigenvalue weighted by molar-refractivity contribution is 6.30. The molecule has 0 saturated carbocycles. The zero-order chi connectivity index (χ0) is 14.7. The molecule has 5 nitrogen and oxygen atoms in total. The molecule has 1 heterocycles. The summed E-state index contributed by atoms with van der Waals surface area (Å²) in [5.74, 6) is -0.215. The van der Waals surface area contributed by atoms with Crippen LogP contribution < -0.4 is 11.1 Å². The maximum atomic E-state index is 12.1. The highest BCUT2D eigenvalue weighted by Crippen LogP contribution is 2.15. The van der Waals surface area contributed by atoms with E-state index < -0.39 is 0 Å². The Hall–Kier alpha value is -2.01. The first-order valence-corrected chi connectivity index (χ1v) is 6.68. The minimum Gasteiger partial charge on any atom is -0.395 e. The van der Waals surface area contributed by atoms with Crippen molar-refractivity contribution in [3.63, 3.8) is 0 Å². The number of halogens is 1.